The Labute approximate surface area is 151 Å². The largest absolute Gasteiger partial charge is 0.451 e. The smallest absolute Gasteiger partial charge is 0.325 e. The predicted octanol–water partition coefficient (Wildman–Crippen LogP) is 4.11. The van der Waals surface area contributed by atoms with Crippen LogP contribution in [0.25, 0.3) is 10.8 Å². The molecule has 1 aromatic heterocycles. The number of fused-ring (bicyclic) bond motifs is 1. The number of anilines is 1. The molecule has 26 heavy (non-hydrogen) atoms. The van der Waals surface area contributed by atoms with Gasteiger partial charge in [0.1, 0.15) is 0 Å². The number of thioether (sulfide) groups is 1. The average Bonchev–Trinajstić information content (AvgIpc) is 2.95. The zero-order chi connectivity index (χ0) is 18.9. The molecule has 1 N–H and O–H groups in total. The molecule has 9 heteroatoms. The predicted molar refractivity (Wildman–Crippen MR) is 93.9 cm³/mol. The first-order valence-electron chi connectivity index (χ1n) is 7.68. The van der Waals surface area contributed by atoms with Gasteiger partial charge in [-0.3, -0.25) is 4.79 Å². The number of amides is 1. The van der Waals surface area contributed by atoms with E-state index in [9.17, 15) is 18.0 Å². The Bertz CT molecular complexity index is 955. The SMILES string of the molecule is CC(Sc1nnc(C(F)(F)F)n1C)C(=O)Nc1ccc2ccccc2c1. The summed E-state index contributed by atoms with van der Waals surface area (Å²) in [6.45, 7) is 1.60. The van der Waals surface area contributed by atoms with Crippen LogP contribution in [0.2, 0.25) is 0 Å². The molecule has 0 bridgehead atoms. The van der Waals surface area contributed by atoms with Crippen LogP contribution < -0.4 is 5.32 Å². The standard InChI is InChI=1S/C17H15F3N4OS/c1-10(26-16-23-22-15(24(16)2)17(18,19)20)14(25)21-13-8-7-11-5-3-4-6-12(11)9-13/h3-10H,1-2H3,(H,21,25). The van der Waals surface area contributed by atoms with Crippen molar-refractivity contribution in [3.8, 4) is 0 Å². The maximum Gasteiger partial charge on any atom is 0.451 e. The van der Waals surface area contributed by atoms with Gasteiger partial charge in [0, 0.05) is 12.7 Å². The molecule has 1 atom stereocenters. The quantitative estimate of drug-likeness (QED) is 0.692. The van der Waals surface area contributed by atoms with Crippen LogP contribution in [0.1, 0.15) is 12.7 Å². The second kappa shape index (κ2) is 6.99. The van der Waals surface area contributed by atoms with Crippen LogP contribution in [0, 0.1) is 0 Å². The van der Waals surface area contributed by atoms with Crippen molar-refractivity contribution in [1.29, 1.82) is 0 Å². The van der Waals surface area contributed by atoms with Gasteiger partial charge < -0.3 is 9.88 Å². The van der Waals surface area contributed by atoms with E-state index in [4.69, 9.17) is 0 Å². The van der Waals surface area contributed by atoms with Gasteiger partial charge in [-0.15, -0.1) is 10.2 Å². The van der Waals surface area contributed by atoms with Crippen LogP contribution >= 0.6 is 11.8 Å². The lowest BCUT2D eigenvalue weighted by atomic mass is 10.1. The van der Waals surface area contributed by atoms with Crippen LogP contribution in [-0.2, 0) is 18.0 Å². The van der Waals surface area contributed by atoms with Crippen molar-refractivity contribution in [2.24, 2.45) is 7.05 Å². The molecule has 5 nitrogen and oxygen atoms in total. The third-order valence-electron chi connectivity index (χ3n) is 3.76. The summed E-state index contributed by atoms with van der Waals surface area (Å²) in [5.41, 5.74) is 0.620. The van der Waals surface area contributed by atoms with Crippen molar-refractivity contribution in [2.45, 2.75) is 23.5 Å². The maximum atomic E-state index is 12.8. The highest BCUT2D eigenvalue weighted by Gasteiger charge is 2.37. The second-order valence-corrected chi connectivity index (χ2v) is 6.98. The van der Waals surface area contributed by atoms with E-state index < -0.39 is 17.3 Å². The number of benzene rings is 2. The fourth-order valence-corrected chi connectivity index (χ4v) is 3.20. The molecule has 136 valence electrons. The Morgan fingerprint density at radius 3 is 2.50 bits per heavy atom. The molecule has 1 heterocycles. The molecule has 1 unspecified atom stereocenters. The van der Waals surface area contributed by atoms with Crippen molar-refractivity contribution >= 4 is 34.1 Å². The number of hydrogen-bond donors (Lipinski definition) is 1. The molecule has 0 aliphatic rings. The first-order chi connectivity index (χ1) is 12.3. The van der Waals surface area contributed by atoms with Gasteiger partial charge in [0.15, 0.2) is 5.16 Å². The lowest BCUT2D eigenvalue weighted by molar-refractivity contribution is -0.147. The van der Waals surface area contributed by atoms with Gasteiger partial charge in [-0.2, -0.15) is 13.2 Å². The maximum absolute atomic E-state index is 12.8. The molecule has 0 aliphatic carbocycles. The number of alkyl halides is 3. The van der Waals surface area contributed by atoms with Crippen molar-refractivity contribution in [2.75, 3.05) is 5.32 Å². The minimum Gasteiger partial charge on any atom is -0.325 e. The minimum absolute atomic E-state index is 0.0264. The number of hydrogen-bond acceptors (Lipinski definition) is 4. The first kappa shape index (κ1) is 18.2. The highest BCUT2D eigenvalue weighted by molar-refractivity contribution is 8.00. The van der Waals surface area contributed by atoms with E-state index in [0.717, 1.165) is 27.1 Å². The van der Waals surface area contributed by atoms with Gasteiger partial charge in [0.25, 0.3) is 0 Å². The lowest BCUT2D eigenvalue weighted by Gasteiger charge is -2.12. The topological polar surface area (TPSA) is 59.8 Å². The number of nitrogens with one attached hydrogen (secondary N) is 1. The Kier molecular flexibility index (Phi) is 4.90. The molecule has 3 aromatic rings. The number of nitrogens with zero attached hydrogens (tertiary/aromatic N) is 3. The van der Waals surface area contributed by atoms with Crippen LogP contribution in [0.15, 0.2) is 47.6 Å². The fourth-order valence-electron chi connectivity index (χ4n) is 2.39. The van der Waals surface area contributed by atoms with Gasteiger partial charge in [-0.05, 0) is 29.8 Å². The van der Waals surface area contributed by atoms with Crippen molar-refractivity contribution in [1.82, 2.24) is 14.8 Å². The van der Waals surface area contributed by atoms with E-state index in [1.54, 1.807) is 13.0 Å². The van der Waals surface area contributed by atoms with Crippen LogP contribution in [-0.4, -0.2) is 25.9 Å². The number of halogens is 3. The number of aromatic nitrogens is 3. The molecule has 1 amide bonds. The summed E-state index contributed by atoms with van der Waals surface area (Å²) in [6.07, 6.45) is -4.59. The Balaban J connectivity index is 1.70. The van der Waals surface area contributed by atoms with E-state index in [2.05, 4.69) is 15.5 Å². The summed E-state index contributed by atoms with van der Waals surface area (Å²) < 4.78 is 39.1. The van der Waals surface area contributed by atoms with Crippen molar-refractivity contribution < 1.29 is 18.0 Å². The lowest BCUT2D eigenvalue weighted by Crippen LogP contribution is -2.23. The van der Waals surface area contributed by atoms with Gasteiger partial charge in [-0.1, -0.05) is 42.1 Å². The van der Waals surface area contributed by atoms with Gasteiger partial charge in [0.05, 0.1) is 5.25 Å². The summed E-state index contributed by atoms with van der Waals surface area (Å²) in [4.78, 5) is 12.4. The molecule has 0 radical (unpaired) electrons. The highest BCUT2D eigenvalue weighted by Crippen LogP contribution is 2.31. The molecule has 3 rings (SSSR count). The molecule has 2 aromatic carbocycles. The summed E-state index contributed by atoms with van der Waals surface area (Å²) in [7, 11) is 1.22. The zero-order valence-electron chi connectivity index (χ0n) is 13.9. The van der Waals surface area contributed by atoms with Crippen LogP contribution in [0.5, 0.6) is 0 Å². The third-order valence-corrected chi connectivity index (χ3v) is 4.89. The number of carbonyl (C=O) groups is 1. The minimum atomic E-state index is -4.59. The Hall–Kier alpha value is -2.55. The van der Waals surface area contributed by atoms with E-state index in [1.807, 2.05) is 36.4 Å². The summed E-state index contributed by atoms with van der Waals surface area (Å²) in [6, 6.07) is 13.2. The normalized spacial score (nSPS) is 13.0. The van der Waals surface area contributed by atoms with Crippen molar-refractivity contribution in [3.05, 3.63) is 48.3 Å². The van der Waals surface area contributed by atoms with Gasteiger partial charge in [0.2, 0.25) is 11.7 Å². The zero-order valence-corrected chi connectivity index (χ0v) is 14.7. The average molecular weight is 380 g/mol. The van der Waals surface area contributed by atoms with E-state index in [1.165, 1.54) is 7.05 Å². The molecule has 0 fully saturated rings. The van der Waals surface area contributed by atoms with E-state index in [0.29, 0.717) is 5.69 Å². The number of carbonyl (C=O) groups excluding carboxylic acids is 1. The molecule has 0 spiro atoms. The van der Waals surface area contributed by atoms with E-state index >= 15 is 0 Å². The van der Waals surface area contributed by atoms with E-state index in [-0.39, 0.29) is 11.1 Å². The fraction of sp³-hybridized carbons (Fsp3) is 0.235. The monoisotopic (exact) mass is 380 g/mol. The molecule has 0 saturated heterocycles. The summed E-state index contributed by atoms with van der Waals surface area (Å²) in [5, 5.41) is 10.9. The molecular weight excluding hydrogens is 365 g/mol. The number of rotatable bonds is 4. The molecular formula is C17H15F3N4OS. The third kappa shape index (κ3) is 3.82. The van der Waals surface area contributed by atoms with Gasteiger partial charge in [-0.25, -0.2) is 0 Å². The molecule has 0 aliphatic heterocycles. The molecule has 0 saturated carbocycles. The first-order valence-corrected chi connectivity index (χ1v) is 8.56. The van der Waals surface area contributed by atoms with Crippen LogP contribution in [0.4, 0.5) is 18.9 Å². The van der Waals surface area contributed by atoms with Crippen LogP contribution in [0.3, 0.4) is 0 Å². The Morgan fingerprint density at radius 2 is 1.85 bits per heavy atom. The van der Waals surface area contributed by atoms with Crippen molar-refractivity contribution in [3.63, 3.8) is 0 Å². The second-order valence-electron chi connectivity index (χ2n) is 5.67. The summed E-state index contributed by atoms with van der Waals surface area (Å²) >= 11 is 0.915. The van der Waals surface area contributed by atoms with Gasteiger partial charge >= 0.3 is 6.18 Å². The highest BCUT2D eigenvalue weighted by atomic mass is 32.2. The summed E-state index contributed by atoms with van der Waals surface area (Å²) in [5.74, 6) is -1.43. The Morgan fingerprint density at radius 1 is 1.15 bits per heavy atom.